The number of nitrogens with zero attached hydrogens (tertiary/aromatic N) is 3. The van der Waals surface area contributed by atoms with Gasteiger partial charge in [0.05, 0.1) is 11.4 Å². The third-order valence-electron chi connectivity index (χ3n) is 8.62. The van der Waals surface area contributed by atoms with Gasteiger partial charge in [-0.05, 0) is 59.5 Å². The van der Waals surface area contributed by atoms with Crippen LogP contribution in [0.4, 0.5) is 17.3 Å². The fraction of sp³-hybridized carbons (Fsp3) is 0. The summed E-state index contributed by atoms with van der Waals surface area (Å²) in [4.78, 5) is 12.7. The van der Waals surface area contributed by atoms with Crippen LogP contribution < -0.4 is 4.90 Å². The summed E-state index contributed by atoms with van der Waals surface area (Å²) in [7, 11) is 0. The first kappa shape index (κ1) is 22.7. The van der Waals surface area contributed by atoms with Crippen LogP contribution in [-0.2, 0) is 0 Å². The number of rotatable bonds is 2. The molecule has 6 aromatic carbocycles. The molecule has 0 radical (unpaired) electrons. The van der Waals surface area contributed by atoms with Crippen LogP contribution in [0.25, 0.3) is 77.2 Å². The zero-order valence-electron chi connectivity index (χ0n) is 22.8. The molecule has 0 amide bonds. The second-order valence-electron chi connectivity index (χ2n) is 11.0. The van der Waals surface area contributed by atoms with Crippen LogP contribution >= 0.6 is 0 Å². The highest BCUT2D eigenvalue weighted by Crippen LogP contribution is 2.50. The lowest BCUT2D eigenvalue weighted by Crippen LogP contribution is -2.17. The molecule has 0 bridgehead atoms. The van der Waals surface area contributed by atoms with Crippen molar-refractivity contribution in [3.05, 3.63) is 127 Å². The first-order chi connectivity index (χ1) is 21.3. The zero-order chi connectivity index (χ0) is 28.1. The highest BCUT2D eigenvalue weighted by atomic mass is 16.3. The van der Waals surface area contributed by atoms with Crippen molar-refractivity contribution >= 4 is 72.1 Å². The molecule has 0 N–H and O–H groups in total. The summed E-state index contributed by atoms with van der Waals surface area (Å²) < 4.78 is 12.6. The summed E-state index contributed by atoms with van der Waals surface area (Å²) in [5.41, 5.74) is 10.1. The molecule has 0 atom stereocenters. The molecule has 0 saturated heterocycles. The highest BCUT2D eigenvalue weighted by Gasteiger charge is 2.29. The maximum atomic E-state index is 6.48. The standard InChI is InChI=1S/C38H21N3O2/c1-4-15-29-24(11-1)26-14-7-9-22-10-8-16-30(34(22)26)41(29)38-39-35(37-36(40-38)27-13-3-6-18-32(27)43-37)23-19-20-33-28(21-23)25-12-2-5-17-31(25)42-33/h1-21H. The smallest absolute Gasteiger partial charge is 0.236 e. The molecule has 3 aromatic heterocycles. The normalized spacial score (nSPS) is 12.6. The molecule has 9 aromatic rings. The lowest BCUT2D eigenvalue weighted by atomic mass is 9.91. The highest BCUT2D eigenvalue weighted by molar-refractivity contribution is 6.14. The lowest BCUT2D eigenvalue weighted by Gasteiger charge is -2.31. The van der Waals surface area contributed by atoms with Crippen LogP contribution in [0, 0.1) is 0 Å². The van der Waals surface area contributed by atoms with Crippen molar-refractivity contribution in [2.45, 2.75) is 0 Å². The van der Waals surface area contributed by atoms with Crippen molar-refractivity contribution in [3.63, 3.8) is 0 Å². The molecular formula is C38H21N3O2. The minimum Gasteiger partial charge on any atom is -0.456 e. The first-order valence-corrected chi connectivity index (χ1v) is 14.3. The van der Waals surface area contributed by atoms with Crippen LogP contribution in [0.15, 0.2) is 136 Å². The predicted octanol–water partition coefficient (Wildman–Crippen LogP) is 10.5. The quantitative estimate of drug-likeness (QED) is 0.214. The van der Waals surface area contributed by atoms with E-state index in [1.807, 2.05) is 42.5 Å². The Balaban J connectivity index is 1.31. The molecule has 0 saturated carbocycles. The number of furan rings is 2. The van der Waals surface area contributed by atoms with Gasteiger partial charge in [-0.2, -0.15) is 0 Å². The Bertz CT molecular complexity index is 2590. The van der Waals surface area contributed by atoms with Gasteiger partial charge in [0, 0.05) is 32.7 Å². The Kier molecular flexibility index (Phi) is 4.39. The number of fused-ring (bicyclic) bond motifs is 8. The molecule has 5 nitrogen and oxygen atoms in total. The first-order valence-electron chi connectivity index (χ1n) is 14.3. The van der Waals surface area contributed by atoms with E-state index in [0.29, 0.717) is 11.5 Å². The molecule has 5 heteroatoms. The van der Waals surface area contributed by atoms with Gasteiger partial charge in [-0.25, -0.2) is 9.97 Å². The van der Waals surface area contributed by atoms with Crippen molar-refractivity contribution in [3.8, 4) is 22.4 Å². The largest absolute Gasteiger partial charge is 0.456 e. The van der Waals surface area contributed by atoms with Crippen molar-refractivity contribution in [2.24, 2.45) is 0 Å². The van der Waals surface area contributed by atoms with Gasteiger partial charge in [0.15, 0.2) is 5.58 Å². The Morgan fingerprint density at radius 2 is 1.21 bits per heavy atom. The molecular weight excluding hydrogens is 530 g/mol. The average molecular weight is 552 g/mol. The average Bonchev–Trinajstić information content (AvgIpc) is 3.63. The lowest BCUT2D eigenvalue weighted by molar-refractivity contribution is 0.666. The third-order valence-corrected chi connectivity index (χ3v) is 8.62. The van der Waals surface area contributed by atoms with Crippen molar-refractivity contribution in [2.75, 3.05) is 4.90 Å². The summed E-state index contributed by atoms with van der Waals surface area (Å²) in [6, 6.07) is 43.8. The van der Waals surface area contributed by atoms with E-state index in [1.165, 1.54) is 16.3 Å². The molecule has 1 aliphatic heterocycles. The van der Waals surface area contributed by atoms with E-state index in [9.17, 15) is 0 Å². The van der Waals surface area contributed by atoms with Gasteiger partial charge in [0.25, 0.3) is 0 Å². The molecule has 1 aliphatic rings. The summed E-state index contributed by atoms with van der Waals surface area (Å²) in [6.45, 7) is 0. The topological polar surface area (TPSA) is 55.3 Å². The van der Waals surface area contributed by atoms with Gasteiger partial charge < -0.3 is 8.83 Å². The fourth-order valence-corrected chi connectivity index (χ4v) is 6.72. The number of benzene rings is 6. The van der Waals surface area contributed by atoms with Gasteiger partial charge in [0.1, 0.15) is 28.0 Å². The Labute approximate surface area is 245 Å². The van der Waals surface area contributed by atoms with E-state index in [4.69, 9.17) is 18.8 Å². The van der Waals surface area contributed by atoms with Gasteiger partial charge in [-0.15, -0.1) is 0 Å². The molecule has 4 heterocycles. The van der Waals surface area contributed by atoms with Crippen LogP contribution in [0.5, 0.6) is 0 Å². The Hall–Kier alpha value is -5.94. The van der Waals surface area contributed by atoms with Gasteiger partial charge in [0.2, 0.25) is 5.95 Å². The summed E-state index contributed by atoms with van der Waals surface area (Å²) in [5.74, 6) is 0.598. The molecule has 10 rings (SSSR count). The SMILES string of the molecule is c1ccc2c(c1)-c1cccc3cccc(c13)N2c1nc(-c2ccc3oc4ccccc4c3c2)c2oc3ccccc3c2n1. The van der Waals surface area contributed by atoms with Gasteiger partial charge >= 0.3 is 0 Å². The minimum atomic E-state index is 0.598. The number of hydrogen-bond acceptors (Lipinski definition) is 5. The fourth-order valence-electron chi connectivity index (χ4n) is 6.72. The minimum absolute atomic E-state index is 0.598. The van der Waals surface area contributed by atoms with E-state index < -0.39 is 0 Å². The Morgan fingerprint density at radius 3 is 2.12 bits per heavy atom. The molecule has 0 fully saturated rings. The van der Waals surface area contributed by atoms with Crippen LogP contribution in [0.3, 0.4) is 0 Å². The molecule has 200 valence electrons. The van der Waals surface area contributed by atoms with E-state index in [1.54, 1.807) is 0 Å². The zero-order valence-corrected chi connectivity index (χ0v) is 22.8. The monoisotopic (exact) mass is 551 g/mol. The molecule has 0 aliphatic carbocycles. The van der Waals surface area contributed by atoms with Gasteiger partial charge in [-0.1, -0.05) is 78.9 Å². The predicted molar refractivity (Wildman–Crippen MR) is 173 cm³/mol. The molecule has 0 spiro atoms. The van der Waals surface area contributed by atoms with Gasteiger partial charge in [-0.3, -0.25) is 4.90 Å². The van der Waals surface area contributed by atoms with Crippen molar-refractivity contribution in [1.82, 2.24) is 9.97 Å². The molecule has 43 heavy (non-hydrogen) atoms. The third kappa shape index (κ3) is 3.11. The summed E-state index contributed by atoms with van der Waals surface area (Å²) in [6.07, 6.45) is 0. The van der Waals surface area contributed by atoms with E-state index in [2.05, 4.69) is 89.8 Å². The second-order valence-corrected chi connectivity index (χ2v) is 11.0. The van der Waals surface area contributed by atoms with Crippen LogP contribution in [0.1, 0.15) is 0 Å². The summed E-state index contributed by atoms with van der Waals surface area (Å²) in [5, 5.41) is 5.45. The van der Waals surface area contributed by atoms with E-state index in [0.717, 1.165) is 66.6 Å². The maximum absolute atomic E-state index is 6.48. The van der Waals surface area contributed by atoms with Crippen molar-refractivity contribution in [1.29, 1.82) is 0 Å². The van der Waals surface area contributed by atoms with E-state index in [-0.39, 0.29) is 0 Å². The van der Waals surface area contributed by atoms with E-state index >= 15 is 0 Å². The summed E-state index contributed by atoms with van der Waals surface area (Å²) >= 11 is 0. The Morgan fingerprint density at radius 1 is 0.512 bits per heavy atom. The van der Waals surface area contributed by atoms with Crippen LogP contribution in [0.2, 0.25) is 0 Å². The molecule has 0 unspecified atom stereocenters. The number of anilines is 3. The number of hydrogen-bond donors (Lipinski definition) is 0. The van der Waals surface area contributed by atoms with Crippen molar-refractivity contribution < 1.29 is 8.83 Å². The number of aromatic nitrogens is 2. The van der Waals surface area contributed by atoms with Crippen LogP contribution in [-0.4, -0.2) is 9.97 Å². The maximum Gasteiger partial charge on any atom is 0.236 e. The second kappa shape index (κ2) is 8.30. The number of para-hydroxylation sites is 3.